The van der Waals surface area contributed by atoms with E-state index in [0.717, 1.165) is 43.8 Å². The smallest absolute Gasteiger partial charge is 0.309 e. The van der Waals surface area contributed by atoms with E-state index in [-0.39, 0.29) is 23.9 Å². The first-order valence-electron chi connectivity index (χ1n) is 18.1. The van der Waals surface area contributed by atoms with Gasteiger partial charge in [-0.3, -0.25) is 9.59 Å². The molecule has 0 aromatic heterocycles. The molecule has 0 aliphatic heterocycles. The predicted molar refractivity (Wildman–Crippen MR) is 180 cm³/mol. The van der Waals surface area contributed by atoms with Gasteiger partial charge < -0.3 is 14.8 Å². The highest BCUT2D eigenvalue weighted by molar-refractivity contribution is 5.90. The van der Waals surface area contributed by atoms with Crippen LogP contribution in [-0.4, -0.2) is 37.4 Å². The zero-order valence-electron chi connectivity index (χ0n) is 28.3. The number of hydroxylamine groups is 1. The monoisotopic (exact) mass is 624 g/mol. The van der Waals surface area contributed by atoms with Gasteiger partial charge in [-0.15, -0.1) is 0 Å². The van der Waals surface area contributed by atoms with E-state index in [2.05, 4.69) is 36.8 Å². The van der Waals surface area contributed by atoms with Crippen LogP contribution >= 0.6 is 0 Å². The maximum atomic E-state index is 13.3. The summed E-state index contributed by atoms with van der Waals surface area (Å²) in [6, 6.07) is 8.27. The second-order valence-electron chi connectivity index (χ2n) is 14.4. The van der Waals surface area contributed by atoms with E-state index in [4.69, 9.17) is 14.3 Å². The van der Waals surface area contributed by atoms with Crippen molar-refractivity contribution < 1.29 is 23.9 Å². The number of carbonyl (C=O) groups excluding carboxylic acids is 2. The fourth-order valence-corrected chi connectivity index (χ4v) is 7.42. The maximum Gasteiger partial charge on any atom is 0.309 e. The van der Waals surface area contributed by atoms with Crippen molar-refractivity contribution in [1.29, 1.82) is 0 Å². The van der Waals surface area contributed by atoms with E-state index in [1.807, 2.05) is 12.1 Å². The molecule has 3 fully saturated rings. The van der Waals surface area contributed by atoms with E-state index in [1.165, 1.54) is 88.7 Å². The fraction of sp³-hybridized carbons (Fsp3) is 0.737. The molecule has 7 nitrogen and oxygen atoms in total. The summed E-state index contributed by atoms with van der Waals surface area (Å²) in [5, 5.41) is 3.67. The SMILES string of the molecule is CC(C)COC(C)ONC(=O)/C=C/c1cccc(CNCC2CCC(CC[C@H](C(=O)OC3CCCC3)C3CCCCC3)CC2)c1. The van der Waals surface area contributed by atoms with Gasteiger partial charge in [-0.1, -0.05) is 70.2 Å². The molecule has 7 heteroatoms. The molecule has 3 aliphatic rings. The summed E-state index contributed by atoms with van der Waals surface area (Å²) < 4.78 is 11.6. The zero-order valence-corrected chi connectivity index (χ0v) is 28.3. The molecular weight excluding hydrogens is 564 g/mol. The summed E-state index contributed by atoms with van der Waals surface area (Å²) in [6.07, 6.45) is 21.1. The minimum Gasteiger partial charge on any atom is -0.462 e. The lowest BCUT2D eigenvalue weighted by atomic mass is 9.74. The average molecular weight is 625 g/mol. The van der Waals surface area contributed by atoms with E-state index >= 15 is 0 Å². The number of ether oxygens (including phenoxy) is 2. The lowest BCUT2D eigenvalue weighted by Crippen LogP contribution is -2.31. The summed E-state index contributed by atoms with van der Waals surface area (Å²) >= 11 is 0. The third-order valence-corrected chi connectivity index (χ3v) is 10.1. The Morgan fingerprint density at radius 1 is 0.911 bits per heavy atom. The van der Waals surface area contributed by atoms with Gasteiger partial charge in [0.2, 0.25) is 0 Å². The molecule has 0 saturated heterocycles. The van der Waals surface area contributed by atoms with Crippen molar-refractivity contribution in [2.75, 3.05) is 13.2 Å². The van der Waals surface area contributed by atoms with Gasteiger partial charge in [-0.25, -0.2) is 10.3 Å². The van der Waals surface area contributed by atoms with Crippen LogP contribution < -0.4 is 10.8 Å². The molecule has 0 radical (unpaired) electrons. The molecule has 0 spiro atoms. The van der Waals surface area contributed by atoms with Crippen molar-refractivity contribution in [1.82, 2.24) is 10.8 Å². The minimum atomic E-state index is -0.496. The van der Waals surface area contributed by atoms with Crippen molar-refractivity contribution in [3.63, 3.8) is 0 Å². The molecular formula is C38H60N2O5. The Morgan fingerprint density at radius 2 is 1.62 bits per heavy atom. The van der Waals surface area contributed by atoms with Crippen LogP contribution in [0.1, 0.15) is 128 Å². The van der Waals surface area contributed by atoms with Crippen LogP contribution in [0.4, 0.5) is 0 Å². The highest BCUT2D eigenvalue weighted by Crippen LogP contribution is 2.38. The van der Waals surface area contributed by atoms with Crippen LogP contribution in [0, 0.1) is 29.6 Å². The minimum absolute atomic E-state index is 0.122. The molecule has 0 bridgehead atoms. The van der Waals surface area contributed by atoms with Crippen molar-refractivity contribution in [3.8, 4) is 0 Å². The number of hydrogen-bond acceptors (Lipinski definition) is 6. The number of nitrogens with one attached hydrogen (secondary N) is 2. The van der Waals surface area contributed by atoms with E-state index in [1.54, 1.807) is 13.0 Å². The Morgan fingerprint density at radius 3 is 2.36 bits per heavy atom. The summed E-state index contributed by atoms with van der Waals surface area (Å²) in [7, 11) is 0. The summed E-state index contributed by atoms with van der Waals surface area (Å²) in [5.41, 5.74) is 4.61. The first kappa shape index (κ1) is 35.6. The van der Waals surface area contributed by atoms with Crippen LogP contribution in [-0.2, 0) is 30.4 Å². The zero-order chi connectivity index (χ0) is 31.9. The quantitative estimate of drug-likeness (QED) is 0.0788. The Bertz CT molecular complexity index is 1040. The lowest BCUT2D eigenvalue weighted by molar-refractivity contribution is -0.180. The number of hydrogen-bond donors (Lipinski definition) is 2. The molecule has 2 atom stereocenters. The molecule has 252 valence electrons. The largest absolute Gasteiger partial charge is 0.462 e. The Kier molecular flexibility index (Phi) is 15.4. The van der Waals surface area contributed by atoms with Gasteiger partial charge in [0.25, 0.3) is 5.91 Å². The van der Waals surface area contributed by atoms with Crippen molar-refractivity contribution in [3.05, 3.63) is 41.5 Å². The second-order valence-corrected chi connectivity index (χ2v) is 14.4. The van der Waals surface area contributed by atoms with Crippen LogP contribution in [0.3, 0.4) is 0 Å². The molecule has 1 amide bonds. The second kappa shape index (κ2) is 19.4. The number of esters is 1. The van der Waals surface area contributed by atoms with E-state index < -0.39 is 6.29 Å². The van der Waals surface area contributed by atoms with Gasteiger partial charge in [0.05, 0.1) is 12.5 Å². The molecule has 1 unspecified atom stereocenters. The van der Waals surface area contributed by atoms with Gasteiger partial charge >= 0.3 is 5.97 Å². The highest BCUT2D eigenvalue weighted by Gasteiger charge is 2.33. The summed E-state index contributed by atoms with van der Waals surface area (Å²) in [6.45, 7) is 8.32. The fourth-order valence-electron chi connectivity index (χ4n) is 7.42. The normalized spacial score (nSPS) is 22.9. The van der Waals surface area contributed by atoms with Gasteiger partial charge in [0, 0.05) is 12.6 Å². The first-order chi connectivity index (χ1) is 21.9. The Labute approximate surface area is 272 Å². The van der Waals surface area contributed by atoms with E-state index in [0.29, 0.717) is 24.4 Å². The summed E-state index contributed by atoms with van der Waals surface area (Å²) in [4.78, 5) is 30.7. The lowest BCUT2D eigenvalue weighted by Gasteiger charge is -2.33. The Hall–Kier alpha value is -2.22. The molecule has 4 rings (SSSR count). The Balaban J connectivity index is 1.13. The van der Waals surface area contributed by atoms with Crippen molar-refractivity contribution >= 4 is 18.0 Å². The average Bonchev–Trinajstić information content (AvgIpc) is 3.56. The highest BCUT2D eigenvalue weighted by atomic mass is 16.8. The number of rotatable bonds is 17. The molecule has 45 heavy (non-hydrogen) atoms. The number of amides is 1. The standard InChI is InChI=1S/C38H60N2O5/c1-28(2)27-43-29(3)45-40-37(41)23-21-31-10-9-11-33(24-31)26-39-25-32-18-16-30(17-19-32)20-22-36(34-12-5-4-6-13-34)38(42)44-35-14-7-8-15-35/h9-11,21,23-24,28-30,32,34-36,39H,4-8,12-20,22,25-27H2,1-3H3,(H,40,41)/b23-21+/t29?,30?,32?,36-/m0/s1. The van der Waals surface area contributed by atoms with Crippen LogP contribution in [0.2, 0.25) is 0 Å². The molecule has 2 N–H and O–H groups in total. The molecule has 0 heterocycles. The van der Waals surface area contributed by atoms with Gasteiger partial charge in [0.1, 0.15) is 6.10 Å². The maximum absolute atomic E-state index is 13.3. The van der Waals surface area contributed by atoms with Crippen LogP contribution in [0.5, 0.6) is 0 Å². The van der Waals surface area contributed by atoms with Gasteiger partial charge in [0.15, 0.2) is 6.29 Å². The third-order valence-electron chi connectivity index (χ3n) is 10.1. The molecule has 1 aromatic rings. The first-order valence-corrected chi connectivity index (χ1v) is 18.1. The van der Waals surface area contributed by atoms with Crippen LogP contribution in [0.15, 0.2) is 30.3 Å². The molecule has 3 saturated carbocycles. The topological polar surface area (TPSA) is 85.9 Å². The molecule has 1 aromatic carbocycles. The van der Waals surface area contributed by atoms with Gasteiger partial charge in [-0.2, -0.15) is 0 Å². The predicted octanol–water partition coefficient (Wildman–Crippen LogP) is 8.12. The summed E-state index contributed by atoms with van der Waals surface area (Å²) in [5.74, 6) is 2.33. The van der Waals surface area contributed by atoms with Crippen molar-refractivity contribution in [2.45, 2.75) is 136 Å². The van der Waals surface area contributed by atoms with Gasteiger partial charge in [-0.05, 0) is 119 Å². The number of carbonyl (C=O) groups is 2. The van der Waals surface area contributed by atoms with Crippen LogP contribution in [0.25, 0.3) is 6.08 Å². The molecule has 3 aliphatic carbocycles. The van der Waals surface area contributed by atoms with E-state index in [9.17, 15) is 9.59 Å². The van der Waals surface area contributed by atoms with Crippen molar-refractivity contribution in [2.24, 2.45) is 29.6 Å². The third kappa shape index (κ3) is 13.2. The number of benzene rings is 1.